The van der Waals surface area contributed by atoms with Crippen molar-refractivity contribution in [1.29, 1.82) is 0 Å². The van der Waals surface area contributed by atoms with Gasteiger partial charge in [0, 0.05) is 18.7 Å². The van der Waals surface area contributed by atoms with Gasteiger partial charge in [-0.3, -0.25) is 4.40 Å². The number of imidazole rings is 2. The summed E-state index contributed by atoms with van der Waals surface area (Å²) in [5, 5.41) is 0. The number of esters is 1. The molecule has 176 valence electrons. The Labute approximate surface area is 206 Å². The first-order valence-electron chi connectivity index (χ1n) is 11.2. The predicted octanol–water partition coefficient (Wildman–Crippen LogP) is 5.46. The number of carbonyl (C=O) groups is 1. The Bertz CT molecular complexity index is 1210. The molecule has 0 unspecified atom stereocenters. The summed E-state index contributed by atoms with van der Waals surface area (Å²) < 4.78 is 9.68. The monoisotopic (exact) mass is 488 g/mol. The summed E-state index contributed by atoms with van der Waals surface area (Å²) in [6.45, 7) is 6.30. The number of halogens is 2. The van der Waals surface area contributed by atoms with Crippen LogP contribution in [0.4, 0.5) is 0 Å². The number of rotatable bonds is 6. The van der Waals surface area contributed by atoms with Crippen LogP contribution in [0.15, 0.2) is 54.6 Å². The minimum absolute atomic E-state index is 0. The maximum atomic E-state index is 13.1. The highest BCUT2D eigenvalue weighted by molar-refractivity contribution is 5.98. The zero-order valence-electron chi connectivity index (χ0n) is 18.8. The number of ether oxygens (including phenoxy) is 1. The minimum atomic E-state index is -0.340. The quantitative estimate of drug-likeness (QED) is 0.338. The fraction of sp³-hybridized carbons (Fsp3) is 0.360. The fourth-order valence-electron chi connectivity index (χ4n) is 4.64. The highest BCUT2D eigenvalue weighted by Crippen LogP contribution is 2.30. The second kappa shape index (κ2) is 11.1. The molecule has 0 spiro atoms. The maximum absolute atomic E-state index is 13.1. The van der Waals surface area contributed by atoms with Crippen LogP contribution in [0.25, 0.3) is 28.1 Å². The molecule has 0 atom stereocenters. The Morgan fingerprint density at radius 1 is 0.909 bits per heavy atom. The van der Waals surface area contributed by atoms with Gasteiger partial charge in [0.05, 0.1) is 17.6 Å². The standard InChI is InChI=1S/C25H28N4O2.2ClH/c1-2-31-24(30)23-22(19-11-5-3-6-12-19)26-25-28(18-17-27-15-9-4-10-16-27)20-13-7-8-14-21(20)29(23)25;;/h3,5-8,11-14H,2,4,9-10,15-18H2,1H3;2*1H. The molecule has 2 aromatic carbocycles. The van der Waals surface area contributed by atoms with Crippen LogP contribution in [-0.2, 0) is 11.3 Å². The normalized spacial score (nSPS) is 14.1. The number of nitrogens with zero attached hydrogens (tertiary/aromatic N) is 4. The molecule has 1 aliphatic rings. The summed E-state index contributed by atoms with van der Waals surface area (Å²) in [5.74, 6) is 0.452. The van der Waals surface area contributed by atoms with Gasteiger partial charge in [-0.25, -0.2) is 9.78 Å². The Morgan fingerprint density at radius 2 is 1.58 bits per heavy atom. The van der Waals surface area contributed by atoms with Crippen molar-refractivity contribution in [2.45, 2.75) is 32.7 Å². The van der Waals surface area contributed by atoms with Crippen LogP contribution in [-0.4, -0.2) is 51.1 Å². The smallest absolute Gasteiger partial charge is 0.357 e. The Balaban J connectivity index is 0.00000153. The molecule has 0 radical (unpaired) electrons. The summed E-state index contributed by atoms with van der Waals surface area (Å²) in [6.07, 6.45) is 3.88. The summed E-state index contributed by atoms with van der Waals surface area (Å²) >= 11 is 0. The first kappa shape index (κ1) is 25.1. The average molecular weight is 489 g/mol. The lowest BCUT2D eigenvalue weighted by atomic mass is 10.1. The highest BCUT2D eigenvalue weighted by Gasteiger charge is 2.26. The number of carbonyl (C=O) groups excluding carboxylic acids is 1. The van der Waals surface area contributed by atoms with E-state index in [-0.39, 0.29) is 30.8 Å². The molecule has 0 aliphatic carbocycles. The molecule has 0 saturated carbocycles. The average Bonchev–Trinajstić information content (AvgIpc) is 3.34. The third-order valence-electron chi connectivity index (χ3n) is 6.12. The fourth-order valence-corrected chi connectivity index (χ4v) is 4.64. The second-order valence-corrected chi connectivity index (χ2v) is 8.07. The molecule has 6 nitrogen and oxygen atoms in total. The van der Waals surface area contributed by atoms with Crippen molar-refractivity contribution in [2.75, 3.05) is 26.2 Å². The number of piperidine rings is 1. The Morgan fingerprint density at radius 3 is 2.27 bits per heavy atom. The van der Waals surface area contributed by atoms with Gasteiger partial charge in [0.25, 0.3) is 0 Å². The van der Waals surface area contributed by atoms with Gasteiger partial charge in [0.2, 0.25) is 5.78 Å². The number of benzene rings is 2. The van der Waals surface area contributed by atoms with Crippen LogP contribution in [0.5, 0.6) is 0 Å². The van der Waals surface area contributed by atoms with E-state index in [9.17, 15) is 4.79 Å². The van der Waals surface area contributed by atoms with E-state index >= 15 is 0 Å². The van der Waals surface area contributed by atoms with Crippen LogP contribution in [0, 0.1) is 0 Å². The van der Waals surface area contributed by atoms with Gasteiger partial charge in [-0.05, 0) is 45.0 Å². The molecule has 0 amide bonds. The zero-order chi connectivity index (χ0) is 21.2. The number of likely N-dealkylation sites (tertiary alicyclic amines) is 1. The zero-order valence-corrected chi connectivity index (χ0v) is 20.4. The lowest BCUT2D eigenvalue weighted by Gasteiger charge is -2.26. The van der Waals surface area contributed by atoms with Gasteiger partial charge >= 0.3 is 5.97 Å². The van der Waals surface area contributed by atoms with E-state index < -0.39 is 0 Å². The van der Waals surface area contributed by atoms with Gasteiger partial charge in [0.1, 0.15) is 5.69 Å². The van der Waals surface area contributed by atoms with Gasteiger partial charge in [0.15, 0.2) is 5.69 Å². The molecule has 0 N–H and O–H groups in total. The molecule has 1 fully saturated rings. The summed E-state index contributed by atoms with van der Waals surface area (Å²) in [6, 6.07) is 18.1. The van der Waals surface area contributed by atoms with E-state index in [2.05, 4.69) is 21.6 Å². The lowest BCUT2D eigenvalue weighted by Crippen LogP contribution is -2.32. The molecular formula is C25H30Cl2N4O2. The molecule has 1 saturated heterocycles. The number of hydrogen-bond donors (Lipinski definition) is 0. The molecule has 8 heteroatoms. The molecule has 0 bridgehead atoms. The van der Waals surface area contributed by atoms with Gasteiger partial charge in [-0.15, -0.1) is 24.8 Å². The lowest BCUT2D eigenvalue weighted by molar-refractivity contribution is 0.0519. The second-order valence-electron chi connectivity index (χ2n) is 8.07. The van der Waals surface area contributed by atoms with Crippen molar-refractivity contribution in [3.63, 3.8) is 0 Å². The van der Waals surface area contributed by atoms with E-state index in [1.165, 1.54) is 19.3 Å². The molecule has 5 rings (SSSR count). The van der Waals surface area contributed by atoms with Crippen LogP contribution >= 0.6 is 24.8 Å². The molecule has 33 heavy (non-hydrogen) atoms. The predicted molar refractivity (Wildman–Crippen MR) is 137 cm³/mol. The maximum Gasteiger partial charge on any atom is 0.357 e. The molecule has 4 aromatic rings. The van der Waals surface area contributed by atoms with Gasteiger partial charge in [-0.2, -0.15) is 0 Å². The molecular weight excluding hydrogens is 459 g/mol. The van der Waals surface area contributed by atoms with Crippen molar-refractivity contribution in [1.82, 2.24) is 18.9 Å². The third-order valence-corrected chi connectivity index (χ3v) is 6.12. The van der Waals surface area contributed by atoms with Crippen molar-refractivity contribution in [3.8, 4) is 11.3 Å². The first-order valence-corrected chi connectivity index (χ1v) is 11.2. The van der Waals surface area contributed by atoms with Crippen LogP contribution < -0.4 is 0 Å². The third kappa shape index (κ3) is 4.74. The highest BCUT2D eigenvalue weighted by atomic mass is 35.5. The molecule has 2 aromatic heterocycles. The molecule has 1 aliphatic heterocycles. The number of hydrogen-bond acceptors (Lipinski definition) is 4. The SMILES string of the molecule is CCOC(=O)c1c(-c2ccccc2)nc2n(CCN3CCCCC3)c3ccccc3n12.Cl.Cl. The topological polar surface area (TPSA) is 51.8 Å². The van der Waals surface area contributed by atoms with E-state index in [1.54, 1.807) is 0 Å². The van der Waals surface area contributed by atoms with E-state index in [1.807, 2.05) is 53.8 Å². The van der Waals surface area contributed by atoms with Crippen molar-refractivity contribution < 1.29 is 9.53 Å². The minimum Gasteiger partial charge on any atom is -0.461 e. The number of fused-ring (bicyclic) bond motifs is 3. The summed E-state index contributed by atoms with van der Waals surface area (Å²) in [7, 11) is 0. The number of para-hydroxylation sites is 2. The Hall–Kier alpha value is -2.54. The van der Waals surface area contributed by atoms with E-state index in [4.69, 9.17) is 9.72 Å². The summed E-state index contributed by atoms with van der Waals surface area (Å²) in [5.41, 5.74) is 4.16. The van der Waals surface area contributed by atoms with Gasteiger partial charge in [-0.1, -0.05) is 48.9 Å². The first-order chi connectivity index (χ1) is 15.3. The largest absolute Gasteiger partial charge is 0.461 e. The van der Waals surface area contributed by atoms with Gasteiger partial charge < -0.3 is 14.2 Å². The van der Waals surface area contributed by atoms with Crippen molar-refractivity contribution in [3.05, 3.63) is 60.3 Å². The van der Waals surface area contributed by atoms with Crippen LogP contribution in [0.2, 0.25) is 0 Å². The Kier molecular flexibility index (Phi) is 8.40. The van der Waals surface area contributed by atoms with E-state index in [0.29, 0.717) is 18.0 Å². The van der Waals surface area contributed by atoms with Crippen molar-refractivity contribution >= 4 is 47.6 Å². The van der Waals surface area contributed by atoms with Crippen LogP contribution in [0.3, 0.4) is 0 Å². The van der Waals surface area contributed by atoms with Crippen LogP contribution in [0.1, 0.15) is 36.7 Å². The van der Waals surface area contributed by atoms with Crippen molar-refractivity contribution in [2.24, 2.45) is 0 Å². The van der Waals surface area contributed by atoms with E-state index in [0.717, 1.165) is 48.6 Å². The molecule has 3 heterocycles. The number of aromatic nitrogens is 3. The summed E-state index contributed by atoms with van der Waals surface area (Å²) in [4.78, 5) is 20.6.